The van der Waals surface area contributed by atoms with Crippen molar-refractivity contribution in [2.24, 2.45) is 23.7 Å². The van der Waals surface area contributed by atoms with Crippen LogP contribution >= 0.6 is 0 Å². The van der Waals surface area contributed by atoms with Crippen LogP contribution in [-0.4, -0.2) is 13.2 Å². The normalized spacial score (nSPS) is 32.4. The average Bonchev–Trinajstić information content (AvgIpc) is 2.61. The Bertz CT molecular complexity index is 306. The van der Waals surface area contributed by atoms with Gasteiger partial charge < -0.3 is 4.74 Å². The van der Waals surface area contributed by atoms with Gasteiger partial charge >= 0.3 is 0 Å². The molecule has 0 atom stereocenters. The molecular weight excluding hydrogens is 280 g/mol. The standard InChI is InChI=1S/C22H40O/c1-3-5-6-7-8-9-19-10-14-21(15-11-19)22-16-12-20(13-17-22)18-23-4-2/h5-6,19-22H,3-4,7-18H2,1-2H3/b6-5-. The summed E-state index contributed by atoms with van der Waals surface area (Å²) in [5.74, 6) is 4.00. The third kappa shape index (κ3) is 6.99. The van der Waals surface area contributed by atoms with Gasteiger partial charge in [0.05, 0.1) is 0 Å². The smallest absolute Gasteiger partial charge is 0.0494 e. The molecule has 0 aromatic carbocycles. The number of rotatable bonds is 9. The quantitative estimate of drug-likeness (QED) is 0.336. The number of unbranched alkanes of at least 4 members (excludes halogenated alkanes) is 1. The SMILES string of the molecule is CC/C=C\CCCC1CCC(C2CCC(COCC)CC2)CC1. The summed E-state index contributed by atoms with van der Waals surface area (Å²) in [4.78, 5) is 0. The van der Waals surface area contributed by atoms with Gasteiger partial charge in [-0.05, 0) is 88.4 Å². The first-order valence-corrected chi connectivity index (χ1v) is 10.6. The monoisotopic (exact) mass is 320 g/mol. The summed E-state index contributed by atoms with van der Waals surface area (Å²) >= 11 is 0. The zero-order valence-electron chi connectivity index (χ0n) is 15.8. The van der Waals surface area contributed by atoms with Gasteiger partial charge in [0, 0.05) is 13.2 Å². The predicted molar refractivity (Wildman–Crippen MR) is 101 cm³/mol. The maximum absolute atomic E-state index is 5.62. The predicted octanol–water partition coefficient (Wildman–Crippen LogP) is 6.77. The van der Waals surface area contributed by atoms with Crippen LogP contribution in [0.5, 0.6) is 0 Å². The molecule has 0 spiro atoms. The Kier molecular flexibility index (Phi) is 9.34. The molecule has 2 aliphatic rings. The van der Waals surface area contributed by atoms with Gasteiger partial charge in [0.25, 0.3) is 0 Å². The highest BCUT2D eigenvalue weighted by atomic mass is 16.5. The zero-order chi connectivity index (χ0) is 16.3. The molecule has 0 aliphatic heterocycles. The van der Waals surface area contributed by atoms with Crippen LogP contribution < -0.4 is 0 Å². The van der Waals surface area contributed by atoms with E-state index in [0.717, 1.165) is 36.9 Å². The second-order valence-corrected chi connectivity index (χ2v) is 8.03. The fourth-order valence-electron chi connectivity index (χ4n) is 4.87. The Hall–Kier alpha value is -0.300. The largest absolute Gasteiger partial charge is 0.381 e. The molecular formula is C22H40O. The van der Waals surface area contributed by atoms with Gasteiger partial charge in [0.15, 0.2) is 0 Å². The molecule has 0 aromatic heterocycles. The third-order valence-electron chi connectivity index (χ3n) is 6.39. The minimum Gasteiger partial charge on any atom is -0.381 e. The fraction of sp³-hybridized carbons (Fsp3) is 0.909. The van der Waals surface area contributed by atoms with Crippen molar-refractivity contribution in [3.05, 3.63) is 12.2 Å². The molecule has 23 heavy (non-hydrogen) atoms. The number of hydrogen-bond acceptors (Lipinski definition) is 1. The van der Waals surface area contributed by atoms with Gasteiger partial charge in [0.1, 0.15) is 0 Å². The lowest BCUT2D eigenvalue weighted by molar-refractivity contribution is 0.0710. The molecule has 0 radical (unpaired) electrons. The Labute approximate surface area is 145 Å². The topological polar surface area (TPSA) is 9.23 Å². The van der Waals surface area contributed by atoms with Crippen LogP contribution in [0.4, 0.5) is 0 Å². The van der Waals surface area contributed by atoms with Crippen molar-refractivity contribution < 1.29 is 4.74 Å². The van der Waals surface area contributed by atoms with Crippen molar-refractivity contribution >= 4 is 0 Å². The first-order valence-electron chi connectivity index (χ1n) is 10.6. The first kappa shape index (κ1) is 19.0. The van der Waals surface area contributed by atoms with Crippen molar-refractivity contribution in [1.29, 1.82) is 0 Å². The lowest BCUT2D eigenvalue weighted by Gasteiger charge is -2.37. The second kappa shape index (κ2) is 11.3. The van der Waals surface area contributed by atoms with Crippen molar-refractivity contribution in [2.75, 3.05) is 13.2 Å². The minimum atomic E-state index is 0.860. The Morgan fingerprint density at radius 2 is 1.39 bits per heavy atom. The Morgan fingerprint density at radius 3 is 1.96 bits per heavy atom. The van der Waals surface area contributed by atoms with E-state index in [4.69, 9.17) is 4.74 Å². The number of allylic oxidation sites excluding steroid dienone is 2. The average molecular weight is 321 g/mol. The van der Waals surface area contributed by atoms with Gasteiger partial charge in [-0.25, -0.2) is 0 Å². The molecule has 0 unspecified atom stereocenters. The summed E-state index contributed by atoms with van der Waals surface area (Å²) in [6, 6.07) is 0. The van der Waals surface area contributed by atoms with Crippen LogP contribution in [0.3, 0.4) is 0 Å². The summed E-state index contributed by atoms with van der Waals surface area (Å²) in [5, 5.41) is 0. The summed E-state index contributed by atoms with van der Waals surface area (Å²) in [7, 11) is 0. The molecule has 0 aromatic rings. The molecule has 0 heterocycles. The van der Waals surface area contributed by atoms with Crippen LogP contribution in [0.25, 0.3) is 0 Å². The summed E-state index contributed by atoms with van der Waals surface area (Å²) in [6.07, 6.45) is 22.0. The molecule has 134 valence electrons. The molecule has 2 aliphatic carbocycles. The van der Waals surface area contributed by atoms with Crippen LogP contribution in [0.15, 0.2) is 12.2 Å². The molecule has 1 nitrogen and oxygen atoms in total. The Balaban J connectivity index is 1.57. The molecule has 0 N–H and O–H groups in total. The van der Waals surface area contributed by atoms with E-state index in [0.29, 0.717) is 0 Å². The third-order valence-corrected chi connectivity index (χ3v) is 6.39. The van der Waals surface area contributed by atoms with E-state index in [2.05, 4.69) is 26.0 Å². The van der Waals surface area contributed by atoms with E-state index in [9.17, 15) is 0 Å². The maximum Gasteiger partial charge on any atom is 0.0494 e. The van der Waals surface area contributed by atoms with Crippen LogP contribution in [0.1, 0.15) is 90.9 Å². The molecule has 2 fully saturated rings. The van der Waals surface area contributed by atoms with E-state index < -0.39 is 0 Å². The molecule has 1 heteroatoms. The second-order valence-electron chi connectivity index (χ2n) is 8.03. The lowest BCUT2D eigenvalue weighted by Crippen LogP contribution is -2.27. The molecule has 0 amide bonds. The number of ether oxygens (including phenoxy) is 1. The highest BCUT2D eigenvalue weighted by Crippen LogP contribution is 2.42. The number of hydrogen-bond donors (Lipinski definition) is 0. The molecule has 2 saturated carbocycles. The van der Waals surface area contributed by atoms with Crippen molar-refractivity contribution in [3.63, 3.8) is 0 Å². The summed E-state index contributed by atoms with van der Waals surface area (Å²) in [6.45, 7) is 6.24. The van der Waals surface area contributed by atoms with Gasteiger partial charge in [-0.1, -0.05) is 38.3 Å². The van der Waals surface area contributed by atoms with Crippen molar-refractivity contribution in [2.45, 2.75) is 90.9 Å². The van der Waals surface area contributed by atoms with E-state index in [-0.39, 0.29) is 0 Å². The highest BCUT2D eigenvalue weighted by Gasteiger charge is 2.30. The summed E-state index contributed by atoms with van der Waals surface area (Å²) < 4.78 is 5.62. The van der Waals surface area contributed by atoms with E-state index in [1.165, 1.54) is 77.0 Å². The van der Waals surface area contributed by atoms with E-state index >= 15 is 0 Å². The maximum atomic E-state index is 5.62. The minimum absolute atomic E-state index is 0.860. The van der Waals surface area contributed by atoms with Crippen molar-refractivity contribution in [1.82, 2.24) is 0 Å². The van der Waals surface area contributed by atoms with E-state index in [1.54, 1.807) is 0 Å². The van der Waals surface area contributed by atoms with Gasteiger partial charge in [-0.3, -0.25) is 0 Å². The highest BCUT2D eigenvalue weighted by molar-refractivity contribution is 4.83. The van der Waals surface area contributed by atoms with Gasteiger partial charge in [-0.2, -0.15) is 0 Å². The van der Waals surface area contributed by atoms with Crippen LogP contribution in [-0.2, 0) is 4.74 Å². The fourth-order valence-corrected chi connectivity index (χ4v) is 4.87. The van der Waals surface area contributed by atoms with Gasteiger partial charge in [0.2, 0.25) is 0 Å². The van der Waals surface area contributed by atoms with E-state index in [1.807, 2.05) is 0 Å². The first-order chi connectivity index (χ1) is 11.3. The zero-order valence-corrected chi connectivity index (χ0v) is 15.8. The Morgan fingerprint density at radius 1 is 0.783 bits per heavy atom. The molecule has 0 saturated heterocycles. The molecule has 0 bridgehead atoms. The van der Waals surface area contributed by atoms with Crippen LogP contribution in [0.2, 0.25) is 0 Å². The van der Waals surface area contributed by atoms with Crippen LogP contribution in [0, 0.1) is 23.7 Å². The lowest BCUT2D eigenvalue weighted by atomic mass is 9.69. The van der Waals surface area contributed by atoms with Crippen molar-refractivity contribution in [3.8, 4) is 0 Å². The van der Waals surface area contributed by atoms with Gasteiger partial charge in [-0.15, -0.1) is 0 Å². The summed E-state index contributed by atoms with van der Waals surface area (Å²) in [5.41, 5.74) is 0. The molecule has 2 rings (SSSR count).